The molecule has 22 heavy (non-hydrogen) atoms. The molecule has 0 bridgehead atoms. The van der Waals surface area contributed by atoms with E-state index in [0.717, 1.165) is 50.5 Å². The molecule has 0 saturated carbocycles. The molecule has 3 nitrogen and oxygen atoms in total. The van der Waals surface area contributed by atoms with E-state index in [2.05, 4.69) is 41.8 Å². The van der Waals surface area contributed by atoms with Crippen LogP contribution in [0.1, 0.15) is 24.0 Å². The monoisotopic (exact) mass is 318 g/mol. The van der Waals surface area contributed by atoms with Crippen molar-refractivity contribution in [1.82, 2.24) is 4.90 Å². The number of anilines is 1. The first-order valence-electron chi connectivity index (χ1n) is 8.34. The summed E-state index contributed by atoms with van der Waals surface area (Å²) < 4.78 is 0. The van der Waals surface area contributed by atoms with Crippen LogP contribution in [0, 0.1) is 19.8 Å². The largest absolute Gasteiger partial charge is 0.368 e. The average molecular weight is 318 g/mol. The minimum atomic E-state index is 0.286. The maximum atomic E-state index is 12.6. The number of carbonyl (C=O) groups is 1. The lowest BCUT2D eigenvalue weighted by molar-refractivity contribution is -0.136. The Morgan fingerprint density at radius 2 is 1.77 bits per heavy atom. The average Bonchev–Trinajstić information content (AvgIpc) is 2.58. The fourth-order valence-corrected chi connectivity index (χ4v) is 4.56. The van der Waals surface area contributed by atoms with Gasteiger partial charge in [-0.25, -0.2) is 0 Å². The highest BCUT2D eigenvalue weighted by Crippen LogP contribution is 2.27. The first kappa shape index (κ1) is 15.7. The fraction of sp³-hybridized carbons (Fsp3) is 0.611. The maximum Gasteiger partial charge on any atom is 0.225 e. The van der Waals surface area contributed by atoms with E-state index in [-0.39, 0.29) is 5.92 Å². The second-order valence-electron chi connectivity index (χ2n) is 6.42. The highest BCUT2D eigenvalue weighted by molar-refractivity contribution is 7.99. The van der Waals surface area contributed by atoms with Crippen LogP contribution in [0.5, 0.6) is 0 Å². The van der Waals surface area contributed by atoms with Crippen LogP contribution in [0.25, 0.3) is 0 Å². The SMILES string of the molecule is Cc1cccc(N2CCN(C(=O)C3CCSCC3)CC2)c1C. The molecular weight excluding hydrogens is 292 g/mol. The molecule has 2 aliphatic rings. The van der Waals surface area contributed by atoms with Gasteiger partial charge < -0.3 is 9.80 Å². The van der Waals surface area contributed by atoms with Crippen molar-refractivity contribution in [2.45, 2.75) is 26.7 Å². The van der Waals surface area contributed by atoms with Crippen molar-refractivity contribution in [3.05, 3.63) is 29.3 Å². The molecule has 1 amide bonds. The van der Waals surface area contributed by atoms with E-state index in [1.165, 1.54) is 16.8 Å². The van der Waals surface area contributed by atoms with Crippen LogP contribution in [-0.2, 0) is 4.79 Å². The summed E-state index contributed by atoms with van der Waals surface area (Å²) in [6.07, 6.45) is 2.14. The van der Waals surface area contributed by atoms with E-state index in [0.29, 0.717) is 5.91 Å². The van der Waals surface area contributed by atoms with E-state index in [4.69, 9.17) is 0 Å². The van der Waals surface area contributed by atoms with Crippen LogP contribution < -0.4 is 4.90 Å². The van der Waals surface area contributed by atoms with Gasteiger partial charge in [0, 0.05) is 37.8 Å². The minimum Gasteiger partial charge on any atom is -0.368 e. The Balaban J connectivity index is 1.60. The van der Waals surface area contributed by atoms with Crippen molar-refractivity contribution in [3.63, 3.8) is 0 Å². The highest BCUT2D eigenvalue weighted by atomic mass is 32.2. The van der Waals surface area contributed by atoms with E-state index in [9.17, 15) is 4.79 Å². The van der Waals surface area contributed by atoms with Gasteiger partial charge in [0.05, 0.1) is 0 Å². The zero-order valence-corrected chi connectivity index (χ0v) is 14.5. The molecule has 2 fully saturated rings. The number of amides is 1. The van der Waals surface area contributed by atoms with E-state index in [1.807, 2.05) is 11.8 Å². The lowest BCUT2D eigenvalue weighted by Crippen LogP contribution is -2.51. The van der Waals surface area contributed by atoms with Crippen LogP contribution in [0.4, 0.5) is 5.69 Å². The highest BCUT2D eigenvalue weighted by Gasteiger charge is 2.28. The predicted octanol–water partition coefficient (Wildman–Crippen LogP) is 3.10. The van der Waals surface area contributed by atoms with E-state index in [1.54, 1.807) is 0 Å². The Bertz CT molecular complexity index is 532. The zero-order valence-electron chi connectivity index (χ0n) is 13.7. The number of hydrogen-bond acceptors (Lipinski definition) is 3. The Hall–Kier alpha value is -1.16. The summed E-state index contributed by atoms with van der Waals surface area (Å²) in [5.74, 6) is 2.99. The van der Waals surface area contributed by atoms with Crippen LogP contribution in [0.3, 0.4) is 0 Å². The molecule has 0 N–H and O–H groups in total. The van der Waals surface area contributed by atoms with E-state index >= 15 is 0 Å². The smallest absolute Gasteiger partial charge is 0.225 e. The molecule has 0 aliphatic carbocycles. The van der Waals surface area contributed by atoms with Gasteiger partial charge in [-0.1, -0.05) is 12.1 Å². The molecule has 0 aromatic heterocycles. The van der Waals surface area contributed by atoms with Crippen molar-refractivity contribution in [2.75, 3.05) is 42.6 Å². The molecule has 120 valence electrons. The Labute approximate surface area is 138 Å². The molecule has 1 aromatic carbocycles. The Morgan fingerprint density at radius 1 is 1.09 bits per heavy atom. The van der Waals surface area contributed by atoms with Gasteiger partial charge >= 0.3 is 0 Å². The van der Waals surface area contributed by atoms with Crippen molar-refractivity contribution in [1.29, 1.82) is 0 Å². The van der Waals surface area contributed by atoms with Gasteiger partial charge in [0.2, 0.25) is 5.91 Å². The normalized spacial score (nSPS) is 20.3. The predicted molar refractivity (Wildman–Crippen MR) is 94.8 cm³/mol. The van der Waals surface area contributed by atoms with Crippen molar-refractivity contribution >= 4 is 23.4 Å². The second kappa shape index (κ2) is 6.95. The third-order valence-electron chi connectivity index (χ3n) is 5.08. The molecule has 2 saturated heterocycles. The first-order chi connectivity index (χ1) is 10.7. The minimum absolute atomic E-state index is 0.286. The lowest BCUT2D eigenvalue weighted by atomic mass is 10.0. The van der Waals surface area contributed by atoms with Crippen LogP contribution >= 0.6 is 11.8 Å². The van der Waals surface area contributed by atoms with E-state index < -0.39 is 0 Å². The van der Waals surface area contributed by atoms with Gasteiger partial charge in [-0.15, -0.1) is 0 Å². The Morgan fingerprint density at radius 3 is 2.45 bits per heavy atom. The van der Waals surface area contributed by atoms with Crippen molar-refractivity contribution in [2.24, 2.45) is 5.92 Å². The lowest BCUT2D eigenvalue weighted by Gasteiger charge is -2.38. The molecule has 0 spiro atoms. The van der Waals surface area contributed by atoms with Crippen LogP contribution in [-0.4, -0.2) is 48.5 Å². The van der Waals surface area contributed by atoms with Gasteiger partial charge in [-0.2, -0.15) is 11.8 Å². The summed E-state index contributed by atoms with van der Waals surface area (Å²) in [6, 6.07) is 6.51. The first-order valence-corrected chi connectivity index (χ1v) is 9.50. The number of rotatable bonds is 2. The standard InChI is InChI=1S/C18H26N2OS/c1-14-4-3-5-17(15(14)2)19-8-10-20(11-9-19)18(21)16-6-12-22-13-7-16/h3-5,16H,6-13H2,1-2H3. The number of piperazine rings is 1. The molecule has 0 radical (unpaired) electrons. The third-order valence-corrected chi connectivity index (χ3v) is 6.13. The topological polar surface area (TPSA) is 23.6 Å². The van der Waals surface area contributed by atoms with Gasteiger partial charge in [-0.05, 0) is 55.4 Å². The second-order valence-corrected chi connectivity index (χ2v) is 7.64. The molecular formula is C18H26N2OS. The number of nitrogens with zero attached hydrogens (tertiary/aromatic N) is 2. The third kappa shape index (κ3) is 3.27. The molecule has 0 unspecified atom stereocenters. The van der Waals surface area contributed by atoms with Gasteiger partial charge in [0.15, 0.2) is 0 Å². The number of thioether (sulfide) groups is 1. The molecule has 1 aromatic rings. The fourth-order valence-electron chi connectivity index (χ4n) is 3.45. The molecule has 2 heterocycles. The number of benzene rings is 1. The van der Waals surface area contributed by atoms with Gasteiger partial charge in [0.25, 0.3) is 0 Å². The summed E-state index contributed by atoms with van der Waals surface area (Å²) in [5.41, 5.74) is 4.04. The van der Waals surface area contributed by atoms with Gasteiger partial charge in [0.1, 0.15) is 0 Å². The van der Waals surface area contributed by atoms with Crippen LogP contribution in [0.2, 0.25) is 0 Å². The molecule has 3 rings (SSSR count). The number of hydrogen-bond donors (Lipinski definition) is 0. The summed E-state index contributed by atoms with van der Waals surface area (Å²) in [5, 5.41) is 0. The molecule has 0 atom stereocenters. The molecule has 4 heteroatoms. The summed E-state index contributed by atoms with van der Waals surface area (Å²) in [6.45, 7) is 8.02. The summed E-state index contributed by atoms with van der Waals surface area (Å²) in [4.78, 5) is 17.1. The van der Waals surface area contributed by atoms with Gasteiger partial charge in [-0.3, -0.25) is 4.79 Å². The van der Waals surface area contributed by atoms with Crippen molar-refractivity contribution in [3.8, 4) is 0 Å². The molecule has 2 aliphatic heterocycles. The quantitative estimate of drug-likeness (QED) is 0.837. The van der Waals surface area contributed by atoms with Crippen LogP contribution in [0.15, 0.2) is 18.2 Å². The Kier molecular flexibility index (Phi) is 4.97. The summed E-state index contributed by atoms with van der Waals surface area (Å²) >= 11 is 1.98. The number of carbonyl (C=O) groups excluding carboxylic acids is 1. The van der Waals surface area contributed by atoms with Crippen molar-refractivity contribution < 1.29 is 4.79 Å². The maximum absolute atomic E-state index is 12.6. The summed E-state index contributed by atoms with van der Waals surface area (Å²) in [7, 11) is 0. The number of aryl methyl sites for hydroxylation is 1. The zero-order chi connectivity index (χ0) is 15.5.